The molecule has 128 valence electrons. The topological polar surface area (TPSA) is 62.7 Å². The molecule has 0 spiro atoms. The zero-order valence-electron chi connectivity index (χ0n) is 14.8. The molecule has 0 aliphatic heterocycles. The fourth-order valence-electron chi connectivity index (χ4n) is 2.33. The van der Waals surface area contributed by atoms with Gasteiger partial charge in [-0.3, -0.25) is 4.98 Å². The standard InChI is InChI=1S/C20H23N5/c1-4-15(3)22-20-24-18(17-7-5-6-12-21-17)13-19(25-20)23-16-10-8-14(2)9-11-16/h5-13,15H,4H2,1-3H3,(H2,22,23,24,25)/t15-/m1/s1. The Morgan fingerprint density at radius 1 is 1.00 bits per heavy atom. The van der Waals surface area contributed by atoms with Gasteiger partial charge in [0.2, 0.25) is 5.95 Å². The van der Waals surface area contributed by atoms with Crippen LogP contribution in [0.4, 0.5) is 17.5 Å². The summed E-state index contributed by atoms with van der Waals surface area (Å²) in [5.41, 5.74) is 3.83. The van der Waals surface area contributed by atoms with Crippen molar-refractivity contribution >= 4 is 17.5 Å². The summed E-state index contributed by atoms with van der Waals surface area (Å²) in [6.45, 7) is 6.32. The SMILES string of the molecule is CC[C@@H](C)Nc1nc(Nc2ccc(C)cc2)cc(-c2ccccn2)n1. The summed E-state index contributed by atoms with van der Waals surface area (Å²) in [6.07, 6.45) is 2.77. The highest BCUT2D eigenvalue weighted by molar-refractivity contribution is 5.65. The van der Waals surface area contributed by atoms with Crippen LogP contribution in [0.1, 0.15) is 25.8 Å². The number of aryl methyl sites for hydroxylation is 1. The van der Waals surface area contributed by atoms with Gasteiger partial charge >= 0.3 is 0 Å². The first kappa shape index (κ1) is 16.9. The zero-order valence-corrected chi connectivity index (χ0v) is 14.8. The van der Waals surface area contributed by atoms with Crippen molar-refractivity contribution in [2.75, 3.05) is 10.6 Å². The van der Waals surface area contributed by atoms with Crippen LogP contribution >= 0.6 is 0 Å². The molecular formula is C20H23N5. The summed E-state index contributed by atoms with van der Waals surface area (Å²) in [4.78, 5) is 13.6. The van der Waals surface area contributed by atoms with Gasteiger partial charge < -0.3 is 10.6 Å². The van der Waals surface area contributed by atoms with Gasteiger partial charge in [0, 0.05) is 24.0 Å². The molecule has 0 aliphatic rings. The van der Waals surface area contributed by atoms with Crippen LogP contribution in [0.2, 0.25) is 0 Å². The lowest BCUT2D eigenvalue weighted by molar-refractivity contribution is 0.753. The van der Waals surface area contributed by atoms with Crippen molar-refractivity contribution in [1.82, 2.24) is 15.0 Å². The minimum atomic E-state index is 0.297. The van der Waals surface area contributed by atoms with Gasteiger partial charge in [-0.05, 0) is 44.5 Å². The molecule has 25 heavy (non-hydrogen) atoms. The Kier molecular flexibility index (Phi) is 5.23. The van der Waals surface area contributed by atoms with Crippen LogP contribution in [0.3, 0.4) is 0 Å². The Labute approximate surface area is 148 Å². The van der Waals surface area contributed by atoms with Gasteiger partial charge in [-0.2, -0.15) is 4.98 Å². The van der Waals surface area contributed by atoms with Crippen molar-refractivity contribution in [2.45, 2.75) is 33.2 Å². The predicted molar refractivity (Wildman–Crippen MR) is 103 cm³/mol. The van der Waals surface area contributed by atoms with E-state index in [1.807, 2.05) is 36.4 Å². The molecule has 3 aromatic rings. The quantitative estimate of drug-likeness (QED) is 0.678. The summed E-state index contributed by atoms with van der Waals surface area (Å²) in [5.74, 6) is 1.34. The minimum Gasteiger partial charge on any atom is -0.352 e. The average molecular weight is 333 g/mol. The molecule has 1 aromatic carbocycles. The number of anilines is 3. The molecule has 0 fully saturated rings. The number of pyridine rings is 1. The van der Waals surface area contributed by atoms with E-state index in [0.717, 1.165) is 29.3 Å². The van der Waals surface area contributed by atoms with E-state index in [-0.39, 0.29) is 0 Å². The highest BCUT2D eigenvalue weighted by Gasteiger charge is 2.09. The summed E-state index contributed by atoms with van der Waals surface area (Å²) in [5, 5.41) is 6.70. The molecule has 2 aromatic heterocycles. The maximum atomic E-state index is 4.62. The number of nitrogens with zero attached hydrogens (tertiary/aromatic N) is 3. The molecule has 0 aliphatic carbocycles. The van der Waals surface area contributed by atoms with Gasteiger partial charge in [0.05, 0.1) is 11.4 Å². The van der Waals surface area contributed by atoms with Gasteiger partial charge in [-0.15, -0.1) is 0 Å². The molecular weight excluding hydrogens is 310 g/mol. The number of hydrogen-bond donors (Lipinski definition) is 2. The van der Waals surface area contributed by atoms with E-state index >= 15 is 0 Å². The van der Waals surface area contributed by atoms with Gasteiger partial charge in [-0.1, -0.05) is 30.7 Å². The van der Waals surface area contributed by atoms with Crippen molar-refractivity contribution in [1.29, 1.82) is 0 Å². The normalized spacial score (nSPS) is 11.8. The second-order valence-electron chi connectivity index (χ2n) is 6.12. The highest BCUT2D eigenvalue weighted by Crippen LogP contribution is 2.23. The van der Waals surface area contributed by atoms with Crippen LogP contribution in [-0.2, 0) is 0 Å². The van der Waals surface area contributed by atoms with Gasteiger partial charge in [0.1, 0.15) is 5.82 Å². The molecule has 3 rings (SSSR count). The first-order valence-corrected chi connectivity index (χ1v) is 8.55. The number of nitrogens with one attached hydrogen (secondary N) is 2. The zero-order chi connectivity index (χ0) is 17.6. The Balaban J connectivity index is 1.95. The smallest absolute Gasteiger partial charge is 0.225 e. The lowest BCUT2D eigenvalue weighted by Crippen LogP contribution is -2.16. The third-order valence-corrected chi connectivity index (χ3v) is 3.97. The molecule has 0 saturated carbocycles. The Hall–Kier alpha value is -2.95. The van der Waals surface area contributed by atoms with E-state index in [1.165, 1.54) is 5.56 Å². The van der Waals surface area contributed by atoms with Gasteiger partial charge in [0.15, 0.2) is 0 Å². The van der Waals surface area contributed by atoms with E-state index in [1.54, 1.807) is 6.20 Å². The first-order valence-electron chi connectivity index (χ1n) is 8.55. The molecule has 0 saturated heterocycles. The Morgan fingerprint density at radius 3 is 2.48 bits per heavy atom. The number of aromatic nitrogens is 3. The van der Waals surface area contributed by atoms with Gasteiger partial charge in [0.25, 0.3) is 0 Å². The van der Waals surface area contributed by atoms with E-state index in [0.29, 0.717) is 12.0 Å². The minimum absolute atomic E-state index is 0.297. The van der Waals surface area contributed by atoms with Crippen molar-refractivity contribution < 1.29 is 0 Å². The fraction of sp³-hybridized carbons (Fsp3) is 0.250. The second-order valence-corrected chi connectivity index (χ2v) is 6.12. The first-order chi connectivity index (χ1) is 12.1. The lowest BCUT2D eigenvalue weighted by atomic mass is 10.2. The van der Waals surface area contributed by atoms with E-state index in [4.69, 9.17) is 0 Å². The Morgan fingerprint density at radius 2 is 1.80 bits per heavy atom. The number of hydrogen-bond acceptors (Lipinski definition) is 5. The molecule has 0 bridgehead atoms. The molecule has 0 amide bonds. The van der Waals surface area contributed by atoms with Crippen molar-refractivity contribution in [3.8, 4) is 11.4 Å². The van der Waals surface area contributed by atoms with E-state index in [9.17, 15) is 0 Å². The molecule has 5 nitrogen and oxygen atoms in total. The third kappa shape index (κ3) is 4.53. The predicted octanol–water partition coefficient (Wildman–Crippen LogP) is 4.80. The van der Waals surface area contributed by atoms with Crippen molar-refractivity contribution in [2.24, 2.45) is 0 Å². The lowest BCUT2D eigenvalue weighted by Gasteiger charge is -2.14. The van der Waals surface area contributed by atoms with E-state index < -0.39 is 0 Å². The second kappa shape index (κ2) is 7.75. The molecule has 0 radical (unpaired) electrons. The maximum absolute atomic E-state index is 4.62. The maximum Gasteiger partial charge on any atom is 0.225 e. The third-order valence-electron chi connectivity index (χ3n) is 3.97. The summed E-state index contributed by atoms with van der Waals surface area (Å²) < 4.78 is 0. The number of rotatable bonds is 6. The van der Waals surface area contributed by atoms with E-state index in [2.05, 4.69) is 58.5 Å². The fourth-order valence-corrected chi connectivity index (χ4v) is 2.33. The molecule has 0 unspecified atom stereocenters. The highest BCUT2D eigenvalue weighted by atomic mass is 15.2. The molecule has 2 heterocycles. The Bertz CT molecular complexity index is 815. The van der Waals surface area contributed by atoms with Crippen LogP contribution < -0.4 is 10.6 Å². The van der Waals surface area contributed by atoms with Crippen LogP contribution in [-0.4, -0.2) is 21.0 Å². The van der Waals surface area contributed by atoms with Crippen LogP contribution in [0, 0.1) is 6.92 Å². The largest absolute Gasteiger partial charge is 0.352 e. The summed E-state index contributed by atoms with van der Waals surface area (Å²) in [7, 11) is 0. The molecule has 2 N–H and O–H groups in total. The van der Waals surface area contributed by atoms with Crippen LogP contribution in [0.15, 0.2) is 54.7 Å². The van der Waals surface area contributed by atoms with Gasteiger partial charge in [-0.25, -0.2) is 4.98 Å². The average Bonchev–Trinajstić information content (AvgIpc) is 2.64. The van der Waals surface area contributed by atoms with Crippen molar-refractivity contribution in [3.05, 3.63) is 60.3 Å². The molecule has 1 atom stereocenters. The number of benzene rings is 1. The van der Waals surface area contributed by atoms with Crippen molar-refractivity contribution in [3.63, 3.8) is 0 Å². The summed E-state index contributed by atoms with van der Waals surface area (Å²) in [6, 6.07) is 16.2. The summed E-state index contributed by atoms with van der Waals surface area (Å²) >= 11 is 0. The monoisotopic (exact) mass is 333 g/mol. The van der Waals surface area contributed by atoms with Crippen LogP contribution in [0.5, 0.6) is 0 Å². The molecule has 5 heteroatoms. The van der Waals surface area contributed by atoms with Crippen LogP contribution in [0.25, 0.3) is 11.4 Å².